The number of morpholine rings is 1. The summed E-state index contributed by atoms with van der Waals surface area (Å²) in [6, 6.07) is 0. The smallest absolute Gasteiger partial charge is 0.491 e. The molecule has 1 heterocycles. The molecule has 12 N–H and O–H groups in total. The highest BCUT2D eigenvalue weighted by Gasteiger charge is 2.31. The molecule has 1 aliphatic carbocycles. The quantitative estimate of drug-likeness (QED) is 0.0805. The van der Waals surface area contributed by atoms with Gasteiger partial charge in [0, 0.05) is 19.7 Å². The Morgan fingerprint density at radius 3 is 1.24 bits per heavy atom. The van der Waals surface area contributed by atoms with Gasteiger partial charge in [-0.3, -0.25) is 58.7 Å². The van der Waals surface area contributed by atoms with Crippen molar-refractivity contribution in [1.82, 2.24) is 4.90 Å². The van der Waals surface area contributed by atoms with E-state index in [9.17, 15) is 25.2 Å². The molecule has 0 radical (unpaired) electrons. The van der Waals surface area contributed by atoms with E-state index in [4.69, 9.17) is 106 Å². The van der Waals surface area contributed by atoms with Crippen molar-refractivity contribution in [1.29, 1.82) is 0 Å². The van der Waals surface area contributed by atoms with E-state index < -0.39 is 47.4 Å². The van der Waals surface area contributed by atoms with Gasteiger partial charge < -0.3 is 24.6 Å². The molecule has 0 aromatic carbocycles. The fraction of sp³-hybridized carbons (Fsp3) is 0.643. The van der Waals surface area contributed by atoms with Crippen LogP contribution in [0, 0.1) is 0 Å². The summed E-state index contributed by atoms with van der Waals surface area (Å²) in [6.45, 7) is 8.01. The van der Waals surface area contributed by atoms with Gasteiger partial charge in [0.2, 0.25) is 0 Å². The molecule has 36 heteroatoms. The molecule has 1 aliphatic heterocycles. The maximum Gasteiger partial charge on any atom is 0.507 e. The molecule has 2 aliphatic rings. The normalized spacial score (nSPS) is 16.3. The second-order valence-electron chi connectivity index (χ2n) is 7.33. The van der Waals surface area contributed by atoms with E-state index in [-0.39, 0.29) is 6.10 Å². The third-order valence-electron chi connectivity index (χ3n) is 3.25. The van der Waals surface area contributed by atoms with Gasteiger partial charge in [-0.1, -0.05) is 0 Å². The van der Waals surface area contributed by atoms with Crippen molar-refractivity contribution in [2.24, 2.45) is 0 Å². The lowest BCUT2D eigenvalue weighted by Gasteiger charge is -2.33. The molecule has 24 nitrogen and oxygen atoms in total. The molecular formula is C14H33F6N3O21P6. The van der Waals surface area contributed by atoms with E-state index in [0.29, 0.717) is 32.1 Å². The average molecular weight is 879 g/mol. The Bertz CT molecular complexity index is 1160. The fourth-order valence-electron chi connectivity index (χ4n) is 2.34. The third-order valence-corrected chi connectivity index (χ3v) is 3.25. The molecule has 1 unspecified atom stereocenters. The first kappa shape index (κ1) is 58.2. The van der Waals surface area contributed by atoms with Crippen molar-refractivity contribution >= 4 is 53.2 Å². The van der Waals surface area contributed by atoms with E-state index in [0.717, 1.165) is 24.5 Å². The standard InChI is InChI=1S/C14H21N3O3.6FH2O3P/c1-3-19-13-10-12(17-5-7-18-8-6-17)14(20-4-2)9-11(13)16-15;6*1-5(2,3)4/h9-10,13H,3-8H2,1-2H3;6*(H2,2,3,4). The molecule has 0 aromatic heterocycles. The van der Waals surface area contributed by atoms with E-state index in [2.05, 4.69) is 9.69 Å². The van der Waals surface area contributed by atoms with E-state index in [1.54, 1.807) is 6.08 Å². The van der Waals surface area contributed by atoms with Crippen LogP contribution in [0.25, 0.3) is 5.53 Å². The van der Waals surface area contributed by atoms with Gasteiger partial charge in [-0.2, -0.15) is 4.79 Å². The van der Waals surface area contributed by atoms with Crippen molar-refractivity contribution in [2.75, 3.05) is 39.5 Å². The molecule has 0 spiro atoms. The van der Waals surface area contributed by atoms with Gasteiger partial charge >= 0.3 is 53.2 Å². The molecule has 0 bridgehead atoms. The predicted octanol–water partition coefficient (Wildman–Crippen LogP) is 1.50. The minimum atomic E-state index is -5.14. The number of rotatable bonds is 5. The largest absolute Gasteiger partial charge is 0.507 e. The van der Waals surface area contributed by atoms with Crippen LogP contribution in [-0.2, 0) is 41.6 Å². The van der Waals surface area contributed by atoms with E-state index in [1.807, 2.05) is 19.9 Å². The van der Waals surface area contributed by atoms with Crippen molar-refractivity contribution in [3.8, 4) is 0 Å². The van der Waals surface area contributed by atoms with Crippen LogP contribution >= 0.6 is 47.4 Å². The second kappa shape index (κ2) is 27.5. The lowest BCUT2D eigenvalue weighted by Crippen LogP contribution is -2.39. The molecule has 1 saturated heterocycles. The highest BCUT2D eigenvalue weighted by Crippen LogP contribution is 2.37. The minimum Gasteiger partial charge on any atom is -0.491 e. The van der Waals surface area contributed by atoms with Crippen LogP contribution < -0.4 is 0 Å². The van der Waals surface area contributed by atoms with Crippen molar-refractivity contribution in [2.45, 2.75) is 20.0 Å². The van der Waals surface area contributed by atoms with Crippen LogP contribution in [0.4, 0.5) is 25.2 Å². The van der Waals surface area contributed by atoms with Gasteiger partial charge in [0.05, 0.1) is 31.6 Å². The number of ether oxygens (including phenoxy) is 3. The maximum absolute atomic E-state index is 10.4. The highest BCUT2D eigenvalue weighted by atomic mass is 31.2. The topological polar surface area (TPSA) is 413 Å². The van der Waals surface area contributed by atoms with Crippen LogP contribution in [0.3, 0.4) is 0 Å². The summed E-state index contributed by atoms with van der Waals surface area (Å²) < 4.78 is 131. The van der Waals surface area contributed by atoms with Gasteiger partial charge in [-0.25, -0.2) is 27.4 Å². The molecule has 302 valence electrons. The van der Waals surface area contributed by atoms with Crippen molar-refractivity contribution in [3.05, 3.63) is 29.1 Å². The molecule has 50 heavy (non-hydrogen) atoms. The molecule has 1 atom stereocenters. The minimum absolute atomic E-state index is 0.341. The number of halogens is 6. The molecular weight excluding hydrogens is 846 g/mol. The van der Waals surface area contributed by atoms with Gasteiger partial charge in [0.15, 0.2) is 6.10 Å². The number of hydrogen-bond acceptors (Lipinski definition) is 10. The summed E-state index contributed by atoms with van der Waals surface area (Å²) >= 11 is 0. The Kier molecular flexibility index (Phi) is 32.0. The van der Waals surface area contributed by atoms with Gasteiger partial charge in [0.1, 0.15) is 5.76 Å². The lowest BCUT2D eigenvalue weighted by atomic mass is 10.0. The molecule has 0 amide bonds. The number of hydrogen-bond donors (Lipinski definition) is 12. The first-order chi connectivity index (χ1) is 21.8. The summed E-state index contributed by atoms with van der Waals surface area (Å²) in [5, 5.41) is 0. The fourth-order valence-corrected chi connectivity index (χ4v) is 2.34. The molecule has 1 fully saturated rings. The molecule has 0 aromatic rings. The van der Waals surface area contributed by atoms with Crippen molar-refractivity contribution < 1.29 is 130 Å². The summed E-state index contributed by atoms with van der Waals surface area (Å²) in [6.07, 6.45) is 3.36. The van der Waals surface area contributed by atoms with Crippen LogP contribution in [0.5, 0.6) is 0 Å². The molecule has 0 saturated carbocycles. The monoisotopic (exact) mass is 879 g/mol. The Balaban J connectivity index is -0.000000185. The first-order valence-corrected chi connectivity index (χ1v) is 20.6. The maximum atomic E-state index is 10.4. The lowest BCUT2D eigenvalue weighted by molar-refractivity contribution is -0.0230. The van der Waals surface area contributed by atoms with Gasteiger partial charge in [-0.05, 0) is 19.9 Å². The molecule has 2 rings (SSSR count). The summed E-state index contributed by atoms with van der Waals surface area (Å²) in [4.78, 5) is 89.1. The first-order valence-electron chi connectivity index (χ1n) is 11.5. The Morgan fingerprint density at radius 1 is 0.700 bits per heavy atom. The van der Waals surface area contributed by atoms with Crippen LogP contribution in [0.15, 0.2) is 23.6 Å². The zero-order valence-corrected chi connectivity index (χ0v) is 30.2. The average Bonchev–Trinajstić information content (AvgIpc) is 2.79. The Hall–Kier alpha value is -1.14. The van der Waals surface area contributed by atoms with Gasteiger partial charge in [0.25, 0.3) is 0 Å². The second-order valence-corrected chi connectivity index (χ2v) is 13.0. The summed E-state index contributed by atoms with van der Waals surface area (Å²) in [7, 11) is -30.8. The van der Waals surface area contributed by atoms with Crippen LogP contribution in [-0.4, -0.2) is 120 Å². The summed E-state index contributed by atoms with van der Waals surface area (Å²) in [5.41, 5.74) is 10.6. The third kappa shape index (κ3) is 81.1. The van der Waals surface area contributed by atoms with E-state index >= 15 is 0 Å². The Labute approximate surface area is 277 Å². The van der Waals surface area contributed by atoms with E-state index in [1.165, 1.54) is 0 Å². The van der Waals surface area contributed by atoms with Crippen molar-refractivity contribution in [3.63, 3.8) is 0 Å². The number of nitrogens with zero attached hydrogens (tertiary/aromatic N) is 3. The highest BCUT2D eigenvalue weighted by molar-refractivity contribution is 7.46. The zero-order valence-electron chi connectivity index (χ0n) is 24.8. The predicted molar refractivity (Wildman–Crippen MR) is 153 cm³/mol. The zero-order chi connectivity index (χ0) is 41.4. The SMILES string of the molecule is CCOC1=CC(=[N+]=[N-])C(OCC)C=C1N1CCOCC1.O=P(O)(O)F.O=P(O)(O)F.O=P(O)(O)F.O=P(O)(O)F.O=P(O)(O)F.O=P(O)(O)F. The van der Waals surface area contributed by atoms with Crippen LogP contribution in [0.2, 0.25) is 0 Å². The summed E-state index contributed by atoms with van der Waals surface area (Å²) in [5.74, 6) is 0.721. The Morgan fingerprint density at radius 2 is 1.00 bits per heavy atom. The van der Waals surface area contributed by atoms with Gasteiger partial charge in [-0.15, -0.1) is 25.2 Å². The van der Waals surface area contributed by atoms with Crippen LogP contribution in [0.1, 0.15) is 13.8 Å².